The first-order valence-electron chi connectivity index (χ1n) is 2.61. The topological polar surface area (TPSA) is 12.9 Å². The summed E-state index contributed by atoms with van der Waals surface area (Å²) >= 11 is 7.35. The molecule has 0 aliphatic rings. The molecule has 0 aliphatic carbocycles. The molecule has 1 heterocycles. The summed E-state index contributed by atoms with van der Waals surface area (Å²) in [7, 11) is 0. The maximum atomic E-state index is 12.7. The Morgan fingerprint density at radius 2 is 2.30 bits per heavy atom. The lowest BCUT2D eigenvalue weighted by Gasteiger charge is -1.95. The Hall–Kier alpha value is 0.1000. The van der Waals surface area contributed by atoms with Gasteiger partial charge in [0.2, 0.25) is 5.95 Å². The third-order valence-corrected chi connectivity index (χ3v) is 1.92. The third-order valence-electron chi connectivity index (χ3n) is 1.04. The molecule has 0 aromatic carbocycles. The lowest BCUT2D eigenvalue weighted by molar-refractivity contribution is 0.570. The first-order valence-corrected chi connectivity index (χ1v) is 4.22. The Kier molecular flexibility index (Phi) is 2.85. The first kappa shape index (κ1) is 8.20. The molecule has 1 aromatic rings. The van der Waals surface area contributed by atoms with E-state index in [2.05, 4.69) is 4.98 Å². The van der Waals surface area contributed by atoms with E-state index in [0.717, 1.165) is 0 Å². The van der Waals surface area contributed by atoms with Crippen molar-refractivity contribution in [1.29, 1.82) is 0 Å². The first-order chi connectivity index (χ1) is 4.74. The smallest absolute Gasteiger partial charge is 0.213 e. The van der Waals surface area contributed by atoms with Crippen LogP contribution >= 0.6 is 34.2 Å². The second-order valence-electron chi connectivity index (χ2n) is 1.72. The number of rotatable bonds is 1. The zero-order valence-electron chi connectivity index (χ0n) is 4.94. The van der Waals surface area contributed by atoms with Crippen LogP contribution in [0.4, 0.5) is 4.39 Å². The fraction of sp³-hybridized carbons (Fsp3) is 0.167. The van der Waals surface area contributed by atoms with Crippen LogP contribution in [-0.4, -0.2) is 4.98 Å². The van der Waals surface area contributed by atoms with E-state index < -0.39 is 5.95 Å². The van der Waals surface area contributed by atoms with Crippen molar-refractivity contribution >= 4 is 34.2 Å². The highest BCUT2D eigenvalue weighted by Crippen LogP contribution is 2.09. The molecule has 10 heavy (non-hydrogen) atoms. The highest BCUT2D eigenvalue weighted by atomic mass is 127. The van der Waals surface area contributed by atoms with Gasteiger partial charge in [-0.3, -0.25) is 0 Å². The van der Waals surface area contributed by atoms with Gasteiger partial charge in [-0.1, -0.05) is 6.07 Å². The van der Waals surface area contributed by atoms with E-state index in [-0.39, 0.29) is 5.88 Å². The Morgan fingerprint density at radius 1 is 1.60 bits per heavy atom. The minimum absolute atomic E-state index is 0.176. The number of nitrogens with zero attached hydrogens (tertiary/aromatic N) is 1. The number of hydrogen-bond acceptors (Lipinski definition) is 1. The fourth-order valence-corrected chi connectivity index (χ4v) is 1.13. The summed E-state index contributed by atoms with van der Waals surface area (Å²) in [5.41, 5.74) is 0.446. The van der Waals surface area contributed by atoms with E-state index in [1.807, 2.05) is 22.6 Å². The Labute approximate surface area is 76.7 Å². The van der Waals surface area contributed by atoms with Crippen molar-refractivity contribution in [2.75, 3.05) is 0 Å². The molecule has 0 unspecified atom stereocenters. The molecule has 4 heteroatoms. The van der Waals surface area contributed by atoms with Crippen molar-refractivity contribution in [3.8, 4) is 0 Å². The monoisotopic (exact) mass is 271 g/mol. The summed E-state index contributed by atoms with van der Waals surface area (Å²) in [5, 5.41) is 0. The molecule has 0 bridgehead atoms. The third kappa shape index (κ3) is 1.79. The van der Waals surface area contributed by atoms with Gasteiger partial charge < -0.3 is 0 Å². The summed E-state index contributed by atoms with van der Waals surface area (Å²) in [6, 6.07) is 3.36. The molecule has 54 valence electrons. The predicted molar refractivity (Wildman–Crippen MR) is 46.5 cm³/mol. The zero-order chi connectivity index (χ0) is 7.56. The van der Waals surface area contributed by atoms with Gasteiger partial charge in [0.05, 0.1) is 5.88 Å². The molecule has 0 aliphatic heterocycles. The van der Waals surface area contributed by atoms with Gasteiger partial charge in [0.15, 0.2) is 0 Å². The van der Waals surface area contributed by atoms with E-state index in [1.165, 1.54) is 0 Å². The highest BCUT2D eigenvalue weighted by molar-refractivity contribution is 14.1. The lowest BCUT2D eigenvalue weighted by Crippen LogP contribution is -1.91. The van der Waals surface area contributed by atoms with Crippen LogP contribution in [0.2, 0.25) is 0 Å². The lowest BCUT2D eigenvalue weighted by atomic mass is 10.3. The minimum Gasteiger partial charge on any atom is -0.213 e. The second kappa shape index (κ2) is 3.48. The Morgan fingerprint density at radius 3 is 2.80 bits per heavy atom. The van der Waals surface area contributed by atoms with Crippen LogP contribution in [0.5, 0.6) is 0 Å². The number of halogens is 3. The van der Waals surface area contributed by atoms with Crippen molar-refractivity contribution in [2.45, 2.75) is 5.88 Å². The van der Waals surface area contributed by atoms with Crippen LogP contribution in [0.25, 0.3) is 0 Å². The summed E-state index contributed by atoms with van der Waals surface area (Å²) < 4.78 is 13.3. The molecule has 0 atom stereocenters. The van der Waals surface area contributed by atoms with Crippen LogP contribution in [0.3, 0.4) is 0 Å². The number of hydrogen-bond donors (Lipinski definition) is 0. The number of pyridine rings is 1. The van der Waals surface area contributed by atoms with E-state index in [4.69, 9.17) is 11.6 Å². The maximum Gasteiger partial charge on any atom is 0.218 e. The van der Waals surface area contributed by atoms with Gasteiger partial charge in [-0.25, -0.2) is 4.98 Å². The van der Waals surface area contributed by atoms with Crippen LogP contribution in [0.15, 0.2) is 12.1 Å². The van der Waals surface area contributed by atoms with Crippen molar-refractivity contribution in [2.24, 2.45) is 0 Å². The average molecular weight is 271 g/mol. The quantitative estimate of drug-likeness (QED) is 0.435. The number of alkyl halides is 1. The van der Waals surface area contributed by atoms with E-state index >= 15 is 0 Å². The van der Waals surface area contributed by atoms with Crippen molar-refractivity contribution in [3.63, 3.8) is 0 Å². The normalized spacial score (nSPS) is 9.90. The van der Waals surface area contributed by atoms with Crippen LogP contribution < -0.4 is 0 Å². The molecule has 0 radical (unpaired) electrons. The van der Waals surface area contributed by atoms with Gasteiger partial charge in [0, 0.05) is 5.56 Å². The summed E-state index contributed by atoms with van der Waals surface area (Å²) in [4.78, 5) is 3.58. The molecule has 1 rings (SSSR count). The highest BCUT2D eigenvalue weighted by Gasteiger charge is 2.00. The van der Waals surface area contributed by atoms with Gasteiger partial charge in [-0.15, -0.1) is 11.6 Å². The molecule has 0 saturated heterocycles. The van der Waals surface area contributed by atoms with E-state index in [1.54, 1.807) is 12.1 Å². The molecule has 1 nitrogen and oxygen atoms in total. The maximum absolute atomic E-state index is 12.7. The standard InChI is InChI=1S/C6H4ClFIN/c7-3-4-1-2-5(9)10-6(4)8/h1-2H,3H2. The van der Waals surface area contributed by atoms with Gasteiger partial charge in [0.25, 0.3) is 0 Å². The summed E-state index contributed by atoms with van der Waals surface area (Å²) in [6.45, 7) is 0. The van der Waals surface area contributed by atoms with E-state index in [9.17, 15) is 4.39 Å². The molecule has 1 aromatic heterocycles. The molecule has 0 saturated carbocycles. The van der Waals surface area contributed by atoms with Crippen LogP contribution in [-0.2, 0) is 5.88 Å². The van der Waals surface area contributed by atoms with Gasteiger partial charge >= 0.3 is 0 Å². The minimum atomic E-state index is -0.470. The summed E-state index contributed by atoms with van der Waals surface area (Å²) in [5.74, 6) is -0.294. The Bertz CT molecular complexity index is 241. The molecule has 0 fully saturated rings. The molecule has 0 N–H and O–H groups in total. The zero-order valence-corrected chi connectivity index (χ0v) is 7.86. The van der Waals surface area contributed by atoms with Crippen LogP contribution in [0, 0.1) is 9.65 Å². The predicted octanol–water partition coefficient (Wildman–Crippen LogP) is 2.56. The van der Waals surface area contributed by atoms with Crippen molar-refractivity contribution in [1.82, 2.24) is 4.98 Å². The fourth-order valence-electron chi connectivity index (χ4n) is 0.541. The molecule has 0 amide bonds. The molecule has 0 spiro atoms. The largest absolute Gasteiger partial charge is 0.218 e. The Balaban J connectivity index is 3.07. The summed E-state index contributed by atoms with van der Waals surface area (Å²) in [6.07, 6.45) is 0. The van der Waals surface area contributed by atoms with Gasteiger partial charge in [-0.2, -0.15) is 4.39 Å². The van der Waals surface area contributed by atoms with Crippen molar-refractivity contribution in [3.05, 3.63) is 27.3 Å². The SMILES string of the molecule is Fc1nc(I)ccc1CCl. The van der Waals surface area contributed by atoms with Gasteiger partial charge in [0.1, 0.15) is 3.70 Å². The average Bonchev–Trinajstić information content (AvgIpc) is 1.88. The van der Waals surface area contributed by atoms with Crippen LogP contribution in [0.1, 0.15) is 5.56 Å². The number of aromatic nitrogens is 1. The molecular weight excluding hydrogens is 267 g/mol. The van der Waals surface area contributed by atoms with Gasteiger partial charge in [-0.05, 0) is 28.7 Å². The molecular formula is C6H4ClFIN. The van der Waals surface area contributed by atoms with Crippen molar-refractivity contribution < 1.29 is 4.39 Å². The van der Waals surface area contributed by atoms with E-state index in [0.29, 0.717) is 9.26 Å². The second-order valence-corrected chi connectivity index (χ2v) is 3.09.